The Kier molecular flexibility index (Phi) is 3.48. The van der Waals surface area contributed by atoms with Gasteiger partial charge >= 0.3 is 0 Å². The van der Waals surface area contributed by atoms with Crippen molar-refractivity contribution in [3.8, 4) is 0 Å². The largest absolute Gasteiger partial charge is 0.356 e. The number of benzene rings is 2. The molecule has 7 heteroatoms. The van der Waals surface area contributed by atoms with Gasteiger partial charge in [-0.15, -0.1) is 5.10 Å². The average Bonchev–Trinajstić information content (AvgIpc) is 2.97. The molecule has 2 aromatic carbocycles. The van der Waals surface area contributed by atoms with Gasteiger partial charge in [0.05, 0.1) is 10.9 Å². The van der Waals surface area contributed by atoms with Crippen LogP contribution < -0.4 is 10.9 Å². The van der Waals surface area contributed by atoms with Crippen molar-refractivity contribution < 1.29 is 0 Å². The van der Waals surface area contributed by atoms with E-state index in [0.29, 0.717) is 32.6 Å². The zero-order valence-corrected chi connectivity index (χ0v) is 13.4. The summed E-state index contributed by atoms with van der Waals surface area (Å²) in [4.78, 5) is 17.5. The molecule has 0 saturated heterocycles. The first-order valence-corrected chi connectivity index (χ1v) is 8.17. The molecule has 0 unspecified atom stereocenters. The monoisotopic (exact) mass is 342 g/mol. The van der Waals surface area contributed by atoms with Crippen LogP contribution in [0.3, 0.4) is 0 Å². The Morgan fingerprint density at radius 2 is 2.00 bits per heavy atom. The van der Waals surface area contributed by atoms with Gasteiger partial charge in [-0.05, 0) is 23.8 Å². The van der Waals surface area contributed by atoms with Crippen molar-refractivity contribution in [2.75, 3.05) is 5.32 Å². The van der Waals surface area contributed by atoms with Gasteiger partial charge < -0.3 is 5.32 Å². The molecular weight excluding hydrogens is 332 g/mol. The van der Waals surface area contributed by atoms with Crippen LogP contribution in [0, 0.1) is 0 Å². The summed E-state index contributed by atoms with van der Waals surface area (Å²) < 4.78 is 1.33. The highest BCUT2D eigenvalue weighted by Gasteiger charge is 2.11. The normalized spacial score (nSPS) is 11.2. The number of aromatic nitrogens is 3. The molecule has 0 bridgehead atoms. The Morgan fingerprint density at radius 1 is 1.17 bits per heavy atom. The van der Waals surface area contributed by atoms with Crippen LogP contribution in [-0.4, -0.2) is 14.6 Å². The Hall–Kier alpha value is -2.44. The molecule has 0 aliphatic carbocycles. The van der Waals surface area contributed by atoms with Gasteiger partial charge in [-0.3, -0.25) is 4.79 Å². The molecule has 0 saturated carbocycles. The summed E-state index contributed by atoms with van der Waals surface area (Å²) in [6.07, 6.45) is 0. The van der Waals surface area contributed by atoms with E-state index in [9.17, 15) is 4.79 Å². The maximum atomic E-state index is 12.5. The second-order valence-corrected chi connectivity index (χ2v) is 6.41. The Labute approximate surface area is 140 Å². The van der Waals surface area contributed by atoms with Crippen molar-refractivity contribution >= 4 is 43.9 Å². The highest BCUT2D eigenvalue weighted by atomic mass is 35.5. The molecule has 5 nitrogen and oxygen atoms in total. The number of nitrogens with zero attached hydrogens (tertiary/aromatic N) is 3. The predicted octanol–water partition coefficient (Wildman–Crippen LogP) is 3.57. The van der Waals surface area contributed by atoms with Crippen LogP contribution >= 0.6 is 22.9 Å². The molecule has 23 heavy (non-hydrogen) atoms. The third kappa shape index (κ3) is 2.67. The number of fused-ring (bicyclic) bond motifs is 2. The van der Waals surface area contributed by atoms with Gasteiger partial charge in [0.25, 0.3) is 5.56 Å². The first-order valence-electron chi connectivity index (χ1n) is 6.98. The van der Waals surface area contributed by atoms with E-state index in [1.165, 1.54) is 15.9 Å². The van der Waals surface area contributed by atoms with E-state index in [1.807, 2.05) is 30.3 Å². The van der Waals surface area contributed by atoms with Crippen LogP contribution in [-0.2, 0) is 6.54 Å². The predicted molar refractivity (Wildman–Crippen MR) is 93.4 cm³/mol. The Morgan fingerprint density at radius 3 is 2.83 bits per heavy atom. The minimum absolute atomic E-state index is 0.189. The van der Waals surface area contributed by atoms with Crippen molar-refractivity contribution in [2.24, 2.45) is 0 Å². The van der Waals surface area contributed by atoms with Crippen LogP contribution in [0.4, 0.5) is 5.13 Å². The first-order chi connectivity index (χ1) is 11.2. The molecule has 2 aromatic heterocycles. The van der Waals surface area contributed by atoms with Crippen LogP contribution in [0.2, 0.25) is 5.02 Å². The number of nitrogens with one attached hydrogen (secondary N) is 1. The van der Waals surface area contributed by atoms with Gasteiger partial charge in [-0.2, -0.15) is 4.52 Å². The zero-order valence-electron chi connectivity index (χ0n) is 11.9. The molecule has 2 heterocycles. The summed E-state index contributed by atoms with van der Waals surface area (Å²) >= 11 is 7.31. The van der Waals surface area contributed by atoms with E-state index in [2.05, 4.69) is 15.4 Å². The third-order valence-electron chi connectivity index (χ3n) is 3.45. The van der Waals surface area contributed by atoms with Crippen molar-refractivity contribution in [1.29, 1.82) is 0 Å². The summed E-state index contributed by atoms with van der Waals surface area (Å²) in [6, 6.07) is 15.0. The van der Waals surface area contributed by atoms with Gasteiger partial charge in [0, 0.05) is 11.6 Å². The summed E-state index contributed by atoms with van der Waals surface area (Å²) in [6.45, 7) is 0.640. The lowest BCUT2D eigenvalue weighted by Gasteiger charge is -2.00. The van der Waals surface area contributed by atoms with Gasteiger partial charge in [0.2, 0.25) is 10.1 Å². The lowest BCUT2D eigenvalue weighted by Crippen LogP contribution is -2.15. The molecule has 114 valence electrons. The Bertz CT molecular complexity index is 1060. The second-order valence-electron chi connectivity index (χ2n) is 5.02. The van der Waals surface area contributed by atoms with Gasteiger partial charge in [-0.25, -0.2) is 4.98 Å². The first kappa shape index (κ1) is 14.2. The SMILES string of the molecule is O=c1c2ccc(Cl)cc2nc2sc(NCc3ccccc3)nn12. The standard InChI is InChI=1S/C16H11ClN4OS/c17-11-6-7-12-13(8-11)19-16-21(14(12)22)20-15(23-16)18-9-10-4-2-1-3-5-10/h1-8H,9H2,(H,18,20). The fourth-order valence-electron chi connectivity index (χ4n) is 2.33. The van der Waals surface area contributed by atoms with E-state index < -0.39 is 0 Å². The highest BCUT2D eigenvalue weighted by molar-refractivity contribution is 7.20. The summed E-state index contributed by atoms with van der Waals surface area (Å²) in [7, 11) is 0. The topological polar surface area (TPSA) is 59.3 Å². The van der Waals surface area contributed by atoms with E-state index in [4.69, 9.17) is 11.6 Å². The highest BCUT2D eigenvalue weighted by Crippen LogP contribution is 2.21. The quantitative estimate of drug-likeness (QED) is 0.618. The van der Waals surface area contributed by atoms with Crippen molar-refractivity contribution in [3.63, 3.8) is 0 Å². The smallest absolute Gasteiger partial charge is 0.283 e. The van der Waals surface area contributed by atoms with Gasteiger partial charge in [-0.1, -0.05) is 53.3 Å². The molecule has 1 N–H and O–H groups in total. The number of rotatable bonds is 3. The molecule has 0 amide bonds. The Balaban J connectivity index is 1.74. The summed E-state index contributed by atoms with van der Waals surface area (Å²) in [5, 5.41) is 9.26. The molecular formula is C16H11ClN4OS. The van der Waals surface area contributed by atoms with E-state index >= 15 is 0 Å². The molecule has 0 aliphatic heterocycles. The maximum Gasteiger partial charge on any atom is 0.283 e. The van der Waals surface area contributed by atoms with Crippen LogP contribution in [0.25, 0.3) is 15.9 Å². The molecule has 4 rings (SSSR count). The van der Waals surface area contributed by atoms with Crippen molar-refractivity contribution in [3.05, 3.63) is 69.5 Å². The number of hydrogen-bond acceptors (Lipinski definition) is 5. The van der Waals surface area contributed by atoms with Gasteiger partial charge in [0.15, 0.2) is 0 Å². The zero-order chi connectivity index (χ0) is 15.8. The lowest BCUT2D eigenvalue weighted by atomic mass is 10.2. The molecule has 0 fully saturated rings. The fourth-order valence-corrected chi connectivity index (χ4v) is 3.29. The molecule has 0 spiro atoms. The minimum atomic E-state index is -0.189. The van der Waals surface area contributed by atoms with E-state index in [-0.39, 0.29) is 5.56 Å². The summed E-state index contributed by atoms with van der Waals surface area (Å²) in [5.74, 6) is 0. The third-order valence-corrected chi connectivity index (χ3v) is 4.55. The number of hydrogen-bond donors (Lipinski definition) is 1. The van der Waals surface area contributed by atoms with Crippen molar-refractivity contribution in [2.45, 2.75) is 6.54 Å². The number of anilines is 1. The number of halogens is 1. The molecule has 0 atom stereocenters. The molecule has 0 radical (unpaired) electrons. The fraction of sp³-hybridized carbons (Fsp3) is 0.0625. The van der Waals surface area contributed by atoms with Crippen LogP contribution in [0.5, 0.6) is 0 Å². The van der Waals surface area contributed by atoms with Crippen molar-refractivity contribution in [1.82, 2.24) is 14.6 Å². The minimum Gasteiger partial charge on any atom is -0.356 e. The van der Waals surface area contributed by atoms with E-state index in [0.717, 1.165) is 5.56 Å². The average molecular weight is 343 g/mol. The van der Waals surface area contributed by atoms with Gasteiger partial charge in [0.1, 0.15) is 0 Å². The molecule has 4 aromatic rings. The summed E-state index contributed by atoms with van der Waals surface area (Å²) in [5.41, 5.74) is 1.54. The van der Waals surface area contributed by atoms with Crippen LogP contribution in [0.15, 0.2) is 53.3 Å². The van der Waals surface area contributed by atoms with E-state index in [1.54, 1.807) is 18.2 Å². The molecule has 0 aliphatic rings. The maximum absolute atomic E-state index is 12.5. The second kappa shape index (κ2) is 5.64. The lowest BCUT2D eigenvalue weighted by molar-refractivity contribution is 0.910. The van der Waals surface area contributed by atoms with Crippen LogP contribution in [0.1, 0.15) is 5.56 Å².